The van der Waals surface area contributed by atoms with Gasteiger partial charge in [-0.3, -0.25) is 4.79 Å². The molecule has 116 valence electrons. The van der Waals surface area contributed by atoms with Crippen molar-refractivity contribution in [1.82, 2.24) is 4.57 Å². The molecule has 0 radical (unpaired) electrons. The zero-order chi connectivity index (χ0) is 15.7. The second-order valence-electron chi connectivity index (χ2n) is 4.79. The molecule has 0 spiro atoms. The SMILES string of the molecule is CCn1c(=NC(=O)C2=COCCO2)sc2c(Cl)ccc(C)c21. The first-order chi connectivity index (χ1) is 10.6. The van der Waals surface area contributed by atoms with Crippen molar-refractivity contribution < 1.29 is 14.3 Å². The highest BCUT2D eigenvalue weighted by Gasteiger charge is 2.16. The molecule has 0 unspecified atom stereocenters. The Labute approximate surface area is 136 Å². The van der Waals surface area contributed by atoms with Gasteiger partial charge in [-0.05, 0) is 25.5 Å². The lowest BCUT2D eigenvalue weighted by Crippen LogP contribution is -2.19. The number of hydrogen-bond donors (Lipinski definition) is 0. The summed E-state index contributed by atoms with van der Waals surface area (Å²) in [5, 5.41) is 0.665. The third-order valence-corrected chi connectivity index (χ3v) is 4.89. The molecule has 0 fully saturated rings. The van der Waals surface area contributed by atoms with Gasteiger partial charge in [0.2, 0.25) is 5.76 Å². The number of hydrogen-bond acceptors (Lipinski definition) is 4. The highest BCUT2D eigenvalue weighted by Crippen LogP contribution is 2.28. The number of aryl methyl sites for hydroxylation is 2. The van der Waals surface area contributed by atoms with Crippen LogP contribution in [0.25, 0.3) is 10.2 Å². The molecule has 1 aromatic heterocycles. The van der Waals surface area contributed by atoms with Crippen molar-refractivity contribution in [2.75, 3.05) is 13.2 Å². The maximum atomic E-state index is 12.2. The minimum absolute atomic E-state index is 0.133. The summed E-state index contributed by atoms with van der Waals surface area (Å²) in [5.41, 5.74) is 2.12. The maximum Gasteiger partial charge on any atom is 0.317 e. The number of ether oxygens (including phenoxy) is 2. The van der Waals surface area contributed by atoms with E-state index in [1.165, 1.54) is 17.6 Å². The van der Waals surface area contributed by atoms with Gasteiger partial charge in [-0.1, -0.05) is 29.0 Å². The van der Waals surface area contributed by atoms with E-state index in [2.05, 4.69) is 4.99 Å². The molecule has 7 heteroatoms. The lowest BCUT2D eigenvalue weighted by atomic mass is 10.2. The van der Waals surface area contributed by atoms with Crippen LogP contribution < -0.4 is 4.80 Å². The molecule has 1 aromatic carbocycles. The van der Waals surface area contributed by atoms with Gasteiger partial charge < -0.3 is 14.0 Å². The summed E-state index contributed by atoms with van der Waals surface area (Å²) < 4.78 is 13.3. The molecule has 0 atom stereocenters. The maximum absolute atomic E-state index is 12.2. The first-order valence-corrected chi connectivity index (χ1v) is 8.13. The normalized spacial score (nSPS) is 15.4. The smallest absolute Gasteiger partial charge is 0.317 e. The molecule has 0 aliphatic carbocycles. The molecule has 2 aromatic rings. The fraction of sp³-hybridized carbons (Fsp3) is 0.333. The molecule has 1 aliphatic rings. The van der Waals surface area contributed by atoms with Crippen molar-refractivity contribution >= 4 is 39.1 Å². The molecule has 22 heavy (non-hydrogen) atoms. The number of amides is 1. The van der Waals surface area contributed by atoms with Gasteiger partial charge in [-0.25, -0.2) is 0 Å². The van der Waals surface area contributed by atoms with Gasteiger partial charge in [0, 0.05) is 6.54 Å². The van der Waals surface area contributed by atoms with Gasteiger partial charge in [0.15, 0.2) is 4.80 Å². The summed E-state index contributed by atoms with van der Waals surface area (Å²) in [6.45, 7) is 5.53. The third-order valence-electron chi connectivity index (χ3n) is 3.35. The van der Waals surface area contributed by atoms with Crippen LogP contribution in [-0.2, 0) is 20.8 Å². The van der Waals surface area contributed by atoms with E-state index in [4.69, 9.17) is 21.1 Å². The Morgan fingerprint density at radius 2 is 2.27 bits per heavy atom. The molecule has 1 aliphatic heterocycles. The number of nitrogens with zero attached hydrogens (tertiary/aromatic N) is 2. The summed E-state index contributed by atoms with van der Waals surface area (Å²) in [6, 6.07) is 3.83. The summed E-state index contributed by atoms with van der Waals surface area (Å²) in [4.78, 5) is 17.0. The van der Waals surface area contributed by atoms with E-state index in [1.807, 2.05) is 30.5 Å². The number of thiazole rings is 1. The highest BCUT2D eigenvalue weighted by atomic mass is 35.5. The van der Waals surface area contributed by atoms with Gasteiger partial charge >= 0.3 is 5.91 Å². The zero-order valence-electron chi connectivity index (χ0n) is 12.3. The molecule has 0 N–H and O–H groups in total. The standard InChI is InChI=1S/C15H15ClN2O3S/c1-3-18-12-9(2)4-5-10(16)13(12)22-15(18)17-14(19)11-8-20-6-7-21-11/h4-5,8H,3,6-7H2,1-2H3. The van der Waals surface area contributed by atoms with Crippen LogP contribution in [0.5, 0.6) is 0 Å². The predicted octanol–water partition coefficient (Wildman–Crippen LogP) is 3.00. The topological polar surface area (TPSA) is 52.8 Å². The van der Waals surface area contributed by atoms with Crippen molar-refractivity contribution in [1.29, 1.82) is 0 Å². The molecular formula is C15H15ClN2O3S. The number of rotatable bonds is 2. The lowest BCUT2D eigenvalue weighted by molar-refractivity contribution is -0.119. The molecule has 1 amide bonds. The largest absolute Gasteiger partial charge is 0.494 e. The Kier molecular flexibility index (Phi) is 4.22. The minimum atomic E-state index is -0.442. The van der Waals surface area contributed by atoms with Gasteiger partial charge in [0.05, 0.1) is 15.2 Å². The summed E-state index contributed by atoms with van der Waals surface area (Å²) in [6.07, 6.45) is 1.32. The molecule has 3 rings (SSSR count). The Morgan fingerprint density at radius 3 is 2.95 bits per heavy atom. The lowest BCUT2D eigenvalue weighted by Gasteiger charge is -2.12. The van der Waals surface area contributed by atoms with Crippen molar-refractivity contribution in [2.45, 2.75) is 20.4 Å². The van der Waals surface area contributed by atoms with E-state index in [0.717, 1.165) is 15.8 Å². The summed E-state index contributed by atoms with van der Waals surface area (Å²) >= 11 is 7.67. The predicted molar refractivity (Wildman–Crippen MR) is 85.8 cm³/mol. The second kappa shape index (κ2) is 6.14. The van der Waals surface area contributed by atoms with Crippen LogP contribution in [0, 0.1) is 6.92 Å². The monoisotopic (exact) mass is 338 g/mol. The minimum Gasteiger partial charge on any atom is -0.494 e. The number of halogens is 1. The van der Waals surface area contributed by atoms with E-state index in [-0.39, 0.29) is 5.76 Å². The van der Waals surface area contributed by atoms with Crippen molar-refractivity contribution in [2.24, 2.45) is 4.99 Å². The highest BCUT2D eigenvalue weighted by molar-refractivity contribution is 7.17. The quantitative estimate of drug-likeness (QED) is 0.845. The van der Waals surface area contributed by atoms with Crippen molar-refractivity contribution in [3.8, 4) is 0 Å². The van der Waals surface area contributed by atoms with Gasteiger partial charge in [-0.2, -0.15) is 4.99 Å². The average molecular weight is 339 g/mol. The van der Waals surface area contributed by atoms with Gasteiger partial charge in [0.25, 0.3) is 0 Å². The van der Waals surface area contributed by atoms with Crippen LogP contribution in [0.2, 0.25) is 5.02 Å². The first-order valence-electron chi connectivity index (χ1n) is 6.94. The fourth-order valence-electron chi connectivity index (χ4n) is 2.32. The summed E-state index contributed by atoms with van der Waals surface area (Å²) in [5.74, 6) is -0.309. The Hall–Kier alpha value is -1.79. The van der Waals surface area contributed by atoms with Crippen LogP contribution in [0.4, 0.5) is 0 Å². The van der Waals surface area contributed by atoms with Crippen LogP contribution in [0.15, 0.2) is 29.1 Å². The van der Waals surface area contributed by atoms with E-state index >= 15 is 0 Å². The van der Waals surface area contributed by atoms with E-state index in [9.17, 15) is 4.79 Å². The van der Waals surface area contributed by atoms with Crippen LogP contribution in [0.1, 0.15) is 12.5 Å². The molecule has 0 saturated carbocycles. The number of aromatic nitrogens is 1. The van der Waals surface area contributed by atoms with E-state index in [0.29, 0.717) is 29.6 Å². The molecular weight excluding hydrogens is 324 g/mol. The molecule has 0 saturated heterocycles. The number of carbonyl (C=O) groups is 1. The Bertz CT molecular complexity index is 835. The number of fused-ring (bicyclic) bond motifs is 1. The molecule has 2 heterocycles. The van der Waals surface area contributed by atoms with Crippen LogP contribution in [0.3, 0.4) is 0 Å². The van der Waals surface area contributed by atoms with Gasteiger partial charge in [-0.15, -0.1) is 0 Å². The van der Waals surface area contributed by atoms with Crippen molar-refractivity contribution in [3.63, 3.8) is 0 Å². The van der Waals surface area contributed by atoms with Gasteiger partial charge in [0.1, 0.15) is 19.5 Å². The average Bonchev–Trinajstić information content (AvgIpc) is 2.91. The molecule has 5 nitrogen and oxygen atoms in total. The Morgan fingerprint density at radius 1 is 1.45 bits per heavy atom. The Balaban J connectivity index is 2.16. The zero-order valence-corrected chi connectivity index (χ0v) is 13.8. The summed E-state index contributed by atoms with van der Waals surface area (Å²) in [7, 11) is 0. The van der Waals surface area contributed by atoms with Crippen LogP contribution >= 0.6 is 22.9 Å². The van der Waals surface area contributed by atoms with E-state index in [1.54, 1.807) is 0 Å². The van der Waals surface area contributed by atoms with Crippen LogP contribution in [-0.4, -0.2) is 23.7 Å². The molecule has 0 bridgehead atoms. The number of benzene rings is 1. The fourth-order valence-corrected chi connectivity index (χ4v) is 3.76. The number of carbonyl (C=O) groups excluding carboxylic acids is 1. The van der Waals surface area contributed by atoms with Crippen molar-refractivity contribution in [3.05, 3.63) is 39.5 Å². The van der Waals surface area contributed by atoms with E-state index < -0.39 is 5.91 Å². The third kappa shape index (κ3) is 2.64. The second-order valence-corrected chi connectivity index (χ2v) is 6.17. The first kappa shape index (κ1) is 15.1.